The van der Waals surface area contributed by atoms with E-state index in [1.165, 1.54) is 126 Å². The summed E-state index contributed by atoms with van der Waals surface area (Å²) in [5.74, 6) is 0. The van der Waals surface area contributed by atoms with Gasteiger partial charge in [0.1, 0.15) is 0 Å². The molecule has 3 heterocycles. The van der Waals surface area contributed by atoms with Crippen molar-refractivity contribution in [3.05, 3.63) is 210 Å². The van der Waals surface area contributed by atoms with E-state index in [4.69, 9.17) is 0 Å². The van der Waals surface area contributed by atoms with E-state index in [0.717, 1.165) is 5.69 Å². The summed E-state index contributed by atoms with van der Waals surface area (Å²) < 4.78 is 2.67. The zero-order chi connectivity index (χ0) is 50.5. The first-order valence-corrected chi connectivity index (χ1v) is 27.1. The van der Waals surface area contributed by atoms with Crippen molar-refractivity contribution in [3.8, 4) is 33.4 Å². The molecule has 0 spiro atoms. The number of rotatable bonds is 4. The Bertz CT molecular complexity index is 3890. The van der Waals surface area contributed by atoms with E-state index in [-0.39, 0.29) is 28.4 Å². The Morgan fingerprint density at radius 3 is 1.67 bits per heavy atom. The van der Waals surface area contributed by atoms with Crippen LogP contribution in [0.25, 0.3) is 53.6 Å². The molecule has 0 atom stereocenters. The van der Waals surface area contributed by atoms with Gasteiger partial charge in [0.05, 0.1) is 0 Å². The fourth-order valence-corrected chi connectivity index (χ4v) is 13.8. The highest BCUT2D eigenvalue weighted by atomic mass is 32.1. The average molecular weight is 963 g/mol. The second kappa shape index (κ2) is 15.9. The molecule has 358 valence electrons. The SMILES string of the molecule is CC(C)(C)c1ccc(N2c3ccc(-c4cccc5c4C(C)(C)c4ccccc4-5)cc3B3c4ccc(C(C)(C)C)cc4N(c4ccc(-c5cccc6c5sc5ccccc56)cc4)c4cc(C(C)(C)C)cc2c43)cc1. The Morgan fingerprint density at radius 2 is 0.959 bits per heavy atom. The smallest absolute Gasteiger partial charge is 0.252 e. The van der Waals surface area contributed by atoms with Crippen molar-refractivity contribution in [2.24, 2.45) is 0 Å². The van der Waals surface area contributed by atoms with E-state index >= 15 is 0 Å². The van der Waals surface area contributed by atoms with Gasteiger partial charge in [-0.1, -0.05) is 204 Å². The van der Waals surface area contributed by atoms with E-state index < -0.39 is 0 Å². The molecule has 1 aromatic heterocycles. The third kappa shape index (κ3) is 7.04. The number of anilines is 6. The molecule has 0 bridgehead atoms. The third-order valence-electron chi connectivity index (χ3n) is 16.5. The van der Waals surface area contributed by atoms with Crippen molar-refractivity contribution in [1.29, 1.82) is 0 Å². The molecule has 0 radical (unpaired) electrons. The molecule has 0 N–H and O–H groups in total. The highest BCUT2D eigenvalue weighted by Gasteiger charge is 2.45. The molecule has 0 saturated carbocycles. The summed E-state index contributed by atoms with van der Waals surface area (Å²) in [5.41, 5.74) is 25.6. The van der Waals surface area contributed by atoms with Gasteiger partial charge in [0.2, 0.25) is 0 Å². The Morgan fingerprint density at radius 1 is 0.411 bits per heavy atom. The van der Waals surface area contributed by atoms with Gasteiger partial charge >= 0.3 is 0 Å². The second-order valence-electron chi connectivity index (χ2n) is 24.6. The van der Waals surface area contributed by atoms with Crippen LogP contribution in [0.3, 0.4) is 0 Å². The van der Waals surface area contributed by atoms with Crippen molar-refractivity contribution in [1.82, 2.24) is 0 Å². The Balaban J connectivity index is 1.07. The predicted molar refractivity (Wildman–Crippen MR) is 318 cm³/mol. The lowest BCUT2D eigenvalue weighted by Gasteiger charge is -2.45. The van der Waals surface area contributed by atoms with Crippen molar-refractivity contribution >= 4 is 88.7 Å². The Hall–Kier alpha value is -7.14. The van der Waals surface area contributed by atoms with Crippen molar-refractivity contribution in [2.45, 2.75) is 97.8 Å². The zero-order valence-electron chi connectivity index (χ0n) is 44.2. The molecule has 3 aliphatic rings. The van der Waals surface area contributed by atoms with Crippen LogP contribution in [-0.2, 0) is 21.7 Å². The molecule has 0 amide bonds. The number of hydrogen-bond acceptors (Lipinski definition) is 3. The maximum absolute atomic E-state index is 2.61. The molecular weight excluding hydrogens is 900 g/mol. The molecular formula is C69H63BN2S. The minimum atomic E-state index is -0.149. The lowest BCUT2D eigenvalue weighted by molar-refractivity contribution is 0.589. The van der Waals surface area contributed by atoms with Crippen molar-refractivity contribution < 1.29 is 0 Å². The first-order valence-electron chi connectivity index (χ1n) is 26.3. The molecule has 0 saturated heterocycles. The summed E-state index contributed by atoms with van der Waals surface area (Å²) in [6.45, 7) is 25.9. The van der Waals surface area contributed by atoms with Crippen LogP contribution in [0.1, 0.15) is 104 Å². The van der Waals surface area contributed by atoms with Crippen LogP contribution < -0.4 is 26.2 Å². The molecule has 0 unspecified atom stereocenters. The summed E-state index contributed by atoms with van der Waals surface area (Å²) >= 11 is 1.90. The van der Waals surface area contributed by atoms with Crippen LogP contribution >= 0.6 is 11.3 Å². The molecule has 13 rings (SSSR count). The van der Waals surface area contributed by atoms with Gasteiger partial charge < -0.3 is 9.80 Å². The van der Waals surface area contributed by atoms with Gasteiger partial charge in [-0.05, 0) is 148 Å². The predicted octanol–water partition coefficient (Wildman–Crippen LogP) is 17.7. The van der Waals surface area contributed by atoms with Gasteiger partial charge in [0.15, 0.2) is 0 Å². The molecule has 4 heteroatoms. The van der Waals surface area contributed by atoms with E-state index in [2.05, 4.69) is 268 Å². The van der Waals surface area contributed by atoms with Gasteiger partial charge in [-0.3, -0.25) is 0 Å². The normalized spacial score (nSPS) is 14.5. The number of benzene rings is 9. The van der Waals surface area contributed by atoms with E-state index in [9.17, 15) is 0 Å². The minimum Gasteiger partial charge on any atom is -0.311 e. The molecule has 2 aliphatic heterocycles. The maximum Gasteiger partial charge on any atom is 0.252 e. The highest BCUT2D eigenvalue weighted by molar-refractivity contribution is 7.26. The average Bonchev–Trinajstić information content (AvgIpc) is 3.87. The van der Waals surface area contributed by atoms with Gasteiger partial charge in [-0.15, -0.1) is 11.3 Å². The van der Waals surface area contributed by atoms with Crippen molar-refractivity contribution in [2.75, 3.05) is 9.80 Å². The summed E-state index contributed by atoms with van der Waals surface area (Å²) in [4.78, 5) is 5.20. The van der Waals surface area contributed by atoms with Crippen LogP contribution in [0.4, 0.5) is 34.1 Å². The fraction of sp³-hybridized carbons (Fsp3) is 0.217. The topological polar surface area (TPSA) is 6.48 Å². The summed E-state index contributed by atoms with van der Waals surface area (Å²) in [6, 6.07) is 70.3. The van der Waals surface area contributed by atoms with Gasteiger partial charge in [0, 0.05) is 59.7 Å². The number of thiophene rings is 1. The van der Waals surface area contributed by atoms with Crippen LogP contribution in [0.15, 0.2) is 182 Å². The molecule has 9 aromatic carbocycles. The molecule has 1 aliphatic carbocycles. The Labute approximate surface area is 437 Å². The quantitative estimate of drug-likeness (QED) is 0.162. The molecule has 10 aromatic rings. The van der Waals surface area contributed by atoms with E-state index in [1.807, 2.05) is 11.3 Å². The summed E-state index contributed by atoms with van der Waals surface area (Å²) in [5, 5.41) is 2.65. The zero-order valence-corrected chi connectivity index (χ0v) is 45.0. The lowest BCUT2D eigenvalue weighted by Crippen LogP contribution is -2.61. The summed E-state index contributed by atoms with van der Waals surface area (Å²) in [7, 11) is 0. The van der Waals surface area contributed by atoms with Crippen LogP contribution in [0.2, 0.25) is 0 Å². The van der Waals surface area contributed by atoms with Crippen LogP contribution in [0.5, 0.6) is 0 Å². The fourth-order valence-electron chi connectivity index (χ4n) is 12.6. The first-order chi connectivity index (χ1) is 34.9. The van der Waals surface area contributed by atoms with Gasteiger partial charge in [-0.2, -0.15) is 0 Å². The standard InChI is InChI=1S/C69H63BN2S/c1-66(2,3)44-29-34-48(35-30-44)71-58-37-28-43(49-20-16-22-53-51-18-12-14-24-55(51)69(10,11)63(49)53)38-57(58)70-56-36-31-45(67(4,5)6)39-59(56)72(61-41-46(68(7,8)9)40-60(71)64(61)70)47-32-26-42(27-33-47)50-21-17-23-54-52-19-13-15-25-62(52)73-65(50)54/h12-41H,1-11H3. The molecule has 73 heavy (non-hydrogen) atoms. The maximum atomic E-state index is 2.61. The largest absolute Gasteiger partial charge is 0.311 e. The number of nitrogens with zero attached hydrogens (tertiary/aromatic N) is 2. The van der Waals surface area contributed by atoms with Gasteiger partial charge in [-0.25, -0.2) is 0 Å². The van der Waals surface area contributed by atoms with E-state index in [0.29, 0.717) is 0 Å². The monoisotopic (exact) mass is 962 g/mol. The second-order valence-corrected chi connectivity index (χ2v) is 25.7. The lowest BCUT2D eigenvalue weighted by atomic mass is 9.33. The van der Waals surface area contributed by atoms with Crippen molar-refractivity contribution in [3.63, 3.8) is 0 Å². The molecule has 0 fully saturated rings. The number of fused-ring (bicyclic) bond motifs is 10. The van der Waals surface area contributed by atoms with Crippen LogP contribution in [-0.4, -0.2) is 6.71 Å². The molecule has 2 nitrogen and oxygen atoms in total. The summed E-state index contributed by atoms with van der Waals surface area (Å²) in [6.07, 6.45) is 0. The first kappa shape index (κ1) is 45.7. The van der Waals surface area contributed by atoms with Gasteiger partial charge in [0.25, 0.3) is 6.71 Å². The Kier molecular flexibility index (Phi) is 9.98. The number of hydrogen-bond donors (Lipinski definition) is 0. The minimum absolute atomic E-state index is 0.0221. The van der Waals surface area contributed by atoms with Crippen LogP contribution in [0, 0.1) is 0 Å². The van der Waals surface area contributed by atoms with E-state index in [1.54, 1.807) is 0 Å². The third-order valence-corrected chi connectivity index (χ3v) is 17.7. The highest BCUT2D eigenvalue weighted by Crippen LogP contribution is 2.53.